The van der Waals surface area contributed by atoms with Crippen molar-refractivity contribution in [2.24, 2.45) is 5.73 Å². The first kappa shape index (κ1) is 14.0. The molecule has 0 unspecified atom stereocenters. The highest BCUT2D eigenvalue weighted by molar-refractivity contribution is 7.80. The summed E-state index contributed by atoms with van der Waals surface area (Å²) in [6.45, 7) is 0.794. The van der Waals surface area contributed by atoms with Gasteiger partial charge in [-0.25, -0.2) is 0 Å². The highest BCUT2D eigenvalue weighted by Gasteiger charge is 2.10. The molecule has 3 aromatic rings. The van der Waals surface area contributed by atoms with Gasteiger partial charge < -0.3 is 10.6 Å². The van der Waals surface area contributed by atoms with Crippen LogP contribution >= 0.6 is 23.8 Å². The van der Waals surface area contributed by atoms with E-state index in [1.807, 2.05) is 36.4 Å². The zero-order valence-corrected chi connectivity index (χ0v) is 13.2. The number of hydrogen-bond acceptors (Lipinski definition) is 4. The molecule has 0 aliphatic rings. The lowest BCUT2D eigenvalue weighted by Gasteiger charge is -2.17. The molecule has 21 heavy (non-hydrogen) atoms. The van der Waals surface area contributed by atoms with Crippen molar-refractivity contribution in [1.82, 2.24) is 4.37 Å². The minimum absolute atomic E-state index is 0.433. The molecule has 0 spiro atoms. The zero-order chi connectivity index (χ0) is 14.8. The second kappa shape index (κ2) is 5.79. The van der Waals surface area contributed by atoms with E-state index in [9.17, 15) is 0 Å². The summed E-state index contributed by atoms with van der Waals surface area (Å²) < 4.78 is 4.49. The SMILES string of the molecule is CN(Cc1cccc(C(N)=S)c1)c1snc2ccccc12. The highest BCUT2D eigenvalue weighted by Crippen LogP contribution is 2.31. The van der Waals surface area contributed by atoms with E-state index in [1.165, 1.54) is 27.5 Å². The lowest BCUT2D eigenvalue weighted by atomic mass is 10.1. The Morgan fingerprint density at radius 1 is 1.24 bits per heavy atom. The van der Waals surface area contributed by atoms with Crippen molar-refractivity contribution < 1.29 is 0 Å². The third-order valence-electron chi connectivity index (χ3n) is 3.34. The standard InChI is InChI=1S/C16H15N3S2/c1-19(10-11-5-4-6-12(9-11)15(17)20)16-13-7-2-3-8-14(13)18-21-16/h2-9H,10H2,1H3,(H2,17,20). The number of rotatable bonds is 4. The summed E-state index contributed by atoms with van der Waals surface area (Å²) in [7, 11) is 2.08. The first-order valence-electron chi connectivity index (χ1n) is 6.59. The van der Waals surface area contributed by atoms with E-state index >= 15 is 0 Å². The summed E-state index contributed by atoms with van der Waals surface area (Å²) in [5.74, 6) is 0. The molecule has 5 heteroatoms. The second-order valence-electron chi connectivity index (χ2n) is 4.93. The molecule has 1 heterocycles. The minimum atomic E-state index is 0.433. The Morgan fingerprint density at radius 2 is 2.05 bits per heavy atom. The number of hydrogen-bond donors (Lipinski definition) is 1. The van der Waals surface area contributed by atoms with Crippen molar-refractivity contribution in [1.29, 1.82) is 0 Å². The van der Waals surface area contributed by atoms with Gasteiger partial charge in [-0.05, 0) is 35.3 Å². The van der Waals surface area contributed by atoms with Crippen molar-refractivity contribution in [3.05, 3.63) is 59.7 Å². The summed E-state index contributed by atoms with van der Waals surface area (Å²) in [5, 5.41) is 2.36. The van der Waals surface area contributed by atoms with Gasteiger partial charge in [0.15, 0.2) is 0 Å². The molecule has 0 saturated carbocycles. The molecule has 0 radical (unpaired) electrons. The monoisotopic (exact) mass is 313 g/mol. The normalized spacial score (nSPS) is 10.7. The van der Waals surface area contributed by atoms with E-state index < -0.39 is 0 Å². The average Bonchev–Trinajstić information content (AvgIpc) is 2.91. The third kappa shape index (κ3) is 2.89. The largest absolute Gasteiger partial charge is 0.389 e. The first-order chi connectivity index (χ1) is 10.1. The van der Waals surface area contributed by atoms with Gasteiger partial charge in [-0.2, -0.15) is 4.37 Å². The van der Waals surface area contributed by atoms with Crippen molar-refractivity contribution in [2.75, 3.05) is 11.9 Å². The maximum atomic E-state index is 5.69. The molecule has 0 atom stereocenters. The number of anilines is 1. The maximum Gasteiger partial charge on any atom is 0.120 e. The predicted octanol–water partition coefficient (Wildman–Crippen LogP) is 3.57. The van der Waals surface area contributed by atoms with Gasteiger partial charge in [0.1, 0.15) is 9.99 Å². The van der Waals surface area contributed by atoms with Crippen LogP contribution in [0.5, 0.6) is 0 Å². The molecule has 0 bridgehead atoms. The van der Waals surface area contributed by atoms with Crippen molar-refractivity contribution in [3.8, 4) is 0 Å². The summed E-state index contributed by atoms with van der Waals surface area (Å²) in [4.78, 5) is 2.64. The molecule has 0 saturated heterocycles. The number of aromatic nitrogens is 1. The van der Waals surface area contributed by atoms with Gasteiger partial charge in [-0.1, -0.05) is 42.5 Å². The Hall–Kier alpha value is -1.98. The quantitative estimate of drug-likeness (QED) is 0.748. The van der Waals surface area contributed by atoms with Crippen LogP contribution in [0.2, 0.25) is 0 Å². The van der Waals surface area contributed by atoms with Crippen LogP contribution in [0.25, 0.3) is 10.9 Å². The zero-order valence-electron chi connectivity index (χ0n) is 11.6. The fourth-order valence-electron chi connectivity index (χ4n) is 2.32. The summed E-state index contributed by atoms with van der Waals surface area (Å²) in [6, 6.07) is 16.3. The van der Waals surface area contributed by atoms with Crippen molar-refractivity contribution in [2.45, 2.75) is 6.54 Å². The Balaban J connectivity index is 1.88. The fraction of sp³-hybridized carbons (Fsp3) is 0.125. The number of thiocarbonyl (C=S) groups is 1. The van der Waals surface area contributed by atoms with Gasteiger partial charge >= 0.3 is 0 Å². The highest BCUT2D eigenvalue weighted by atomic mass is 32.1. The molecular weight excluding hydrogens is 298 g/mol. The van der Waals surface area contributed by atoms with Crippen molar-refractivity contribution >= 4 is 44.6 Å². The van der Waals surface area contributed by atoms with Crippen LogP contribution in [0, 0.1) is 0 Å². The topological polar surface area (TPSA) is 42.1 Å². The molecule has 0 aliphatic heterocycles. The molecule has 3 rings (SSSR count). The van der Waals surface area contributed by atoms with Crippen LogP contribution in [0.15, 0.2) is 48.5 Å². The minimum Gasteiger partial charge on any atom is -0.389 e. The van der Waals surface area contributed by atoms with E-state index in [4.69, 9.17) is 18.0 Å². The predicted molar refractivity (Wildman–Crippen MR) is 94.1 cm³/mol. The summed E-state index contributed by atoms with van der Waals surface area (Å²) in [6.07, 6.45) is 0. The molecule has 0 fully saturated rings. The van der Waals surface area contributed by atoms with Gasteiger partial charge in [-0.3, -0.25) is 0 Å². The van der Waals surface area contributed by atoms with Crippen molar-refractivity contribution in [3.63, 3.8) is 0 Å². The van der Waals surface area contributed by atoms with Crippen LogP contribution in [0.4, 0.5) is 5.00 Å². The van der Waals surface area contributed by atoms with E-state index in [1.54, 1.807) is 0 Å². The maximum absolute atomic E-state index is 5.69. The number of nitrogens with zero attached hydrogens (tertiary/aromatic N) is 2. The molecule has 3 nitrogen and oxygen atoms in total. The Labute approximate surface area is 133 Å². The summed E-state index contributed by atoms with van der Waals surface area (Å²) in [5.41, 5.74) is 8.82. The van der Waals surface area contributed by atoms with Crippen LogP contribution < -0.4 is 10.6 Å². The molecular formula is C16H15N3S2. The van der Waals surface area contributed by atoms with E-state index in [0.29, 0.717) is 4.99 Å². The second-order valence-corrected chi connectivity index (χ2v) is 6.12. The third-order valence-corrected chi connectivity index (χ3v) is 4.57. The summed E-state index contributed by atoms with van der Waals surface area (Å²) >= 11 is 6.56. The van der Waals surface area contributed by atoms with E-state index in [-0.39, 0.29) is 0 Å². The van der Waals surface area contributed by atoms with Crippen LogP contribution in [0.1, 0.15) is 11.1 Å². The molecule has 2 aromatic carbocycles. The first-order valence-corrected chi connectivity index (χ1v) is 7.77. The molecule has 2 N–H and O–H groups in total. The Morgan fingerprint density at radius 3 is 2.86 bits per heavy atom. The lowest BCUT2D eigenvalue weighted by molar-refractivity contribution is 0.938. The Kier molecular flexibility index (Phi) is 3.86. The number of nitrogens with two attached hydrogens (primary N) is 1. The number of fused-ring (bicyclic) bond motifs is 1. The van der Waals surface area contributed by atoms with Gasteiger partial charge in [0, 0.05) is 24.5 Å². The van der Waals surface area contributed by atoms with Crippen LogP contribution in [0.3, 0.4) is 0 Å². The number of benzene rings is 2. The average molecular weight is 313 g/mol. The van der Waals surface area contributed by atoms with Crippen LogP contribution in [-0.4, -0.2) is 16.4 Å². The van der Waals surface area contributed by atoms with Gasteiger partial charge in [0.05, 0.1) is 5.52 Å². The Bertz CT molecular complexity index is 795. The smallest absolute Gasteiger partial charge is 0.120 e. The molecule has 1 aromatic heterocycles. The molecule has 106 valence electrons. The lowest BCUT2D eigenvalue weighted by Crippen LogP contribution is -2.16. The van der Waals surface area contributed by atoms with Gasteiger partial charge in [0.2, 0.25) is 0 Å². The molecule has 0 amide bonds. The van der Waals surface area contributed by atoms with E-state index in [0.717, 1.165) is 17.6 Å². The van der Waals surface area contributed by atoms with E-state index in [2.05, 4.69) is 28.5 Å². The fourth-order valence-corrected chi connectivity index (χ4v) is 3.27. The van der Waals surface area contributed by atoms with Gasteiger partial charge in [0.25, 0.3) is 0 Å². The van der Waals surface area contributed by atoms with Crippen LogP contribution in [-0.2, 0) is 6.54 Å². The molecule has 0 aliphatic carbocycles. The van der Waals surface area contributed by atoms with Gasteiger partial charge in [-0.15, -0.1) is 0 Å².